The van der Waals surface area contributed by atoms with Crippen molar-refractivity contribution in [3.05, 3.63) is 163 Å². The number of para-hydroxylation sites is 2. The van der Waals surface area contributed by atoms with Crippen molar-refractivity contribution in [2.24, 2.45) is 0 Å². The average molecular weight is 578 g/mol. The molecule has 7 aromatic carbocycles. The maximum Gasteiger partial charge on any atom is 0.143 e. The molecule has 0 N–H and O–H groups in total. The Balaban J connectivity index is 1.33. The average Bonchev–Trinajstić information content (AvgIpc) is 3.58. The molecule has 2 nitrogen and oxygen atoms in total. The Bertz CT molecular complexity index is 2410. The Morgan fingerprint density at radius 3 is 2.09 bits per heavy atom. The molecule has 0 amide bonds. The first-order valence-corrected chi connectivity index (χ1v) is 15.6. The number of furan rings is 1. The van der Waals surface area contributed by atoms with Gasteiger partial charge in [-0.2, -0.15) is 0 Å². The van der Waals surface area contributed by atoms with E-state index in [1.54, 1.807) is 0 Å². The van der Waals surface area contributed by atoms with E-state index < -0.39 is 0 Å². The summed E-state index contributed by atoms with van der Waals surface area (Å²) in [7, 11) is 0. The summed E-state index contributed by atoms with van der Waals surface area (Å²) in [6, 6.07) is 54.7. The third kappa shape index (κ3) is 3.82. The lowest BCUT2D eigenvalue weighted by Gasteiger charge is -2.30. The summed E-state index contributed by atoms with van der Waals surface area (Å²) >= 11 is 0. The van der Waals surface area contributed by atoms with Crippen LogP contribution in [0.5, 0.6) is 0 Å². The van der Waals surface area contributed by atoms with Gasteiger partial charge in [0.05, 0.1) is 11.4 Å². The molecule has 0 saturated carbocycles. The Hall–Kier alpha value is -5.60. The van der Waals surface area contributed by atoms with Crippen LogP contribution in [0.3, 0.4) is 0 Å². The van der Waals surface area contributed by atoms with Gasteiger partial charge in [-0.25, -0.2) is 0 Å². The summed E-state index contributed by atoms with van der Waals surface area (Å²) in [5, 5.41) is 4.57. The predicted molar refractivity (Wildman–Crippen MR) is 189 cm³/mol. The van der Waals surface area contributed by atoms with Crippen molar-refractivity contribution in [3.8, 4) is 22.3 Å². The fraction of sp³-hybridized carbons (Fsp3) is 0.0698. The Kier molecular flexibility index (Phi) is 5.58. The van der Waals surface area contributed by atoms with Gasteiger partial charge in [0.15, 0.2) is 0 Å². The molecule has 0 unspecified atom stereocenters. The molecular weight excluding hydrogens is 546 g/mol. The normalized spacial score (nSPS) is 13.3. The molecule has 1 aromatic heterocycles. The van der Waals surface area contributed by atoms with Crippen molar-refractivity contribution < 1.29 is 4.42 Å². The van der Waals surface area contributed by atoms with E-state index in [4.69, 9.17) is 4.42 Å². The SMILES string of the molecule is CC1(C)c2ccccc2-c2c(N(c3ccc4c(ccc5c6ccccc6oc45)c3)c3ccccc3-c3ccccc3)cccc21. The van der Waals surface area contributed by atoms with E-state index in [2.05, 4.69) is 158 Å². The number of benzene rings is 7. The first kappa shape index (κ1) is 25.9. The van der Waals surface area contributed by atoms with Crippen molar-refractivity contribution in [1.29, 1.82) is 0 Å². The lowest BCUT2D eigenvalue weighted by molar-refractivity contribution is 0.660. The van der Waals surface area contributed by atoms with Gasteiger partial charge in [-0.1, -0.05) is 123 Å². The molecule has 0 fully saturated rings. The van der Waals surface area contributed by atoms with Gasteiger partial charge in [-0.15, -0.1) is 0 Å². The summed E-state index contributed by atoms with van der Waals surface area (Å²) in [5.74, 6) is 0. The van der Waals surface area contributed by atoms with Crippen molar-refractivity contribution >= 4 is 49.8 Å². The molecule has 0 bridgehead atoms. The second-order valence-electron chi connectivity index (χ2n) is 12.5. The van der Waals surface area contributed by atoms with E-state index in [1.165, 1.54) is 39.1 Å². The maximum atomic E-state index is 6.42. The van der Waals surface area contributed by atoms with Crippen LogP contribution >= 0.6 is 0 Å². The smallest absolute Gasteiger partial charge is 0.143 e. The van der Waals surface area contributed by atoms with Crippen LogP contribution in [0.4, 0.5) is 17.1 Å². The molecule has 0 aliphatic heterocycles. The Labute approximate surface area is 262 Å². The van der Waals surface area contributed by atoms with Crippen LogP contribution in [-0.4, -0.2) is 0 Å². The fourth-order valence-electron chi connectivity index (χ4n) is 7.50. The van der Waals surface area contributed by atoms with Crippen LogP contribution in [0.15, 0.2) is 156 Å². The molecular formula is C43H31NO. The zero-order valence-electron chi connectivity index (χ0n) is 25.3. The summed E-state index contributed by atoms with van der Waals surface area (Å²) in [5.41, 5.74) is 12.9. The van der Waals surface area contributed by atoms with E-state index in [-0.39, 0.29) is 5.41 Å². The number of nitrogens with zero attached hydrogens (tertiary/aromatic N) is 1. The van der Waals surface area contributed by atoms with Crippen LogP contribution in [0, 0.1) is 0 Å². The van der Waals surface area contributed by atoms with Gasteiger partial charge in [0.25, 0.3) is 0 Å². The minimum Gasteiger partial charge on any atom is -0.455 e. The number of anilines is 3. The molecule has 1 aliphatic rings. The standard InChI is InChI=1S/C43H31NO/c1-43(2)36-18-9-6-17-35(36)41-37(43)19-12-21-39(41)44(38-20-10-7-15-31(38)28-13-4-3-5-14-28)30-24-26-32-29(27-30)23-25-34-33-16-8-11-22-40(33)45-42(32)34/h3-27H,1-2H3. The largest absolute Gasteiger partial charge is 0.455 e. The summed E-state index contributed by atoms with van der Waals surface area (Å²) < 4.78 is 6.42. The zero-order valence-corrected chi connectivity index (χ0v) is 25.3. The summed E-state index contributed by atoms with van der Waals surface area (Å²) in [6.07, 6.45) is 0. The Morgan fingerprint density at radius 2 is 1.20 bits per heavy atom. The molecule has 1 aliphatic carbocycles. The van der Waals surface area contributed by atoms with Crippen LogP contribution in [0.1, 0.15) is 25.0 Å². The molecule has 0 saturated heterocycles. The lowest BCUT2D eigenvalue weighted by atomic mass is 9.82. The number of fused-ring (bicyclic) bond motifs is 8. The molecule has 0 radical (unpaired) electrons. The van der Waals surface area contributed by atoms with E-state index in [9.17, 15) is 0 Å². The minimum atomic E-state index is -0.0944. The molecule has 214 valence electrons. The second kappa shape index (κ2) is 9.70. The van der Waals surface area contributed by atoms with Gasteiger partial charge in [0.2, 0.25) is 0 Å². The van der Waals surface area contributed by atoms with Crippen molar-refractivity contribution in [1.82, 2.24) is 0 Å². The van der Waals surface area contributed by atoms with Crippen LogP contribution < -0.4 is 4.90 Å². The Morgan fingerprint density at radius 1 is 0.511 bits per heavy atom. The molecule has 2 heteroatoms. The number of hydrogen-bond acceptors (Lipinski definition) is 2. The minimum absolute atomic E-state index is 0.0944. The maximum absolute atomic E-state index is 6.42. The van der Waals surface area contributed by atoms with Crippen molar-refractivity contribution in [2.45, 2.75) is 19.3 Å². The highest BCUT2D eigenvalue weighted by Crippen LogP contribution is 2.55. The monoisotopic (exact) mass is 577 g/mol. The van der Waals surface area contributed by atoms with Crippen LogP contribution in [0.25, 0.3) is 55.0 Å². The second-order valence-corrected chi connectivity index (χ2v) is 12.5. The molecule has 0 spiro atoms. The number of hydrogen-bond donors (Lipinski definition) is 0. The highest BCUT2D eigenvalue weighted by Gasteiger charge is 2.37. The summed E-state index contributed by atoms with van der Waals surface area (Å²) in [4.78, 5) is 2.46. The molecule has 9 rings (SSSR count). The van der Waals surface area contributed by atoms with Gasteiger partial charge in [0, 0.05) is 38.4 Å². The van der Waals surface area contributed by atoms with E-state index in [0.29, 0.717) is 0 Å². The van der Waals surface area contributed by atoms with Gasteiger partial charge in [-0.05, 0) is 70.1 Å². The third-order valence-corrected chi connectivity index (χ3v) is 9.66. The van der Waals surface area contributed by atoms with E-state index >= 15 is 0 Å². The van der Waals surface area contributed by atoms with Gasteiger partial charge < -0.3 is 9.32 Å². The highest BCUT2D eigenvalue weighted by atomic mass is 16.3. The first-order chi connectivity index (χ1) is 22.1. The van der Waals surface area contributed by atoms with Crippen LogP contribution in [-0.2, 0) is 5.41 Å². The summed E-state index contributed by atoms with van der Waals surface area (Å²) in [6.45, 7) is 4.69. The molecule has 0 atom stereocenters. The first-order valence-electron chi connectivity index (χ1n) is 15.6. The van der Waals surface area contributed by atoms with E-state index in [1.807, 2.05) is 12.1 Å². The van der Waals surface area contributed by atoms with Crippen molar-refractivity contribution in [2.75, 3.05) is 4.90 Å². The number of rotatable bonds is 4. The molecule has 45 heavy (non-hydrogen) atoms. The van der Waals surface area contributed by atoms with Crippen molar-refractivity contribution in [3.63, 3.8) is 0 Å². The van der Waals surface area contributed by atoms with Crippen LogP contribution in [0.2, 0.25) is 0 Å². The van der Waals surface area contributed by atoms with Gasteiger partial charge in [-0.3, -0.25) is 0 Å². The molecule has 1 heterocycles. The van der Waals surface area contributed by atoms with Gasteiger partial charge >= 0.3 is 0 Å². The highest BCUT2D eigenvalue weighted by molar-refractivity contribution is 6.15. The quantitative estimate of drug-likeness (QED) is 0.207. The predicted octanol–water partition coefficient (Wildman–Crippen LogP) is 12.2. The lowest BCUT2D eigenvalue weighted by Crippen LogP contribution is -2.16. The fourth-order valence-corrected chi connectivity index (χ4v) is 7.50. The topological polar surface area (TPSA) is 16.4 Å². The third-order valence-electron chi connectivity index (χ3n) is 9.66. The van der Waals surface area contributed by atoms with Gasteiger partial charge in [0.1, 0.15) is 11.2 Å². The molecule has 8 aromatic rings. The zero-order chi connectivity index (χ0) is 30.1. The van der Waals surface area contributed by atoms with E-state index in [0.717, 1.165) is 44.1 Å².